The molecule has 0 saturated carbocycles. The molecule has 0 aliphatic heterocycles. The summed E-state index contributed by atoms with van der Waals surface area (Å²) in [5.41, 5.74) is 3.05. The Hall–Kier alpha value is -3.26. The van der Waals surface area contributed by atoms with Crippen LogP contribution in [0.2, 0.25) is 0 Å². The van der Waals surface area contributed by atoms with Crippen molar-refractivity contribution in [3.05, 3.63) is 53.9 Å². The second kappa shape index (κ2) is 8.21. The van der Waals surface area contributed by atoms with Gasteiger partial charge in [0.25, 0.3) is 0 Å². The zero-order valence-electron chi connectivity index (χ0n) is 15.0. The van der Waals surface area contributed by atoms with E-state index in [-0.39, 0.29) is 0 Å². The minimum atomic E-state index is 0.461. The number of rotatable bonds is 7. The molecule has 1 heterocycles. The highest BCUT2D eigenvalue weighted by Gasteiger charge is 2.09. The SMILES string of the molecule is CCCCOc1ccc(C=C(C#N)c2nc3ccccc3[nH]2)cc1OC. The van der Waals surface area contributed by atoms with E-state index < -0.39 is 0 Å². The maximum atomic E-state index is 9.56. The average Bonchev–Trinajstić information content (AvgIpc) is 3.11. The first-order valence-corrected chi connectivity index (χ1v) is 8.63. The predicted octanol–water partition coefficient (Wildman–Crippen LogP) is 4.81. The smallest absolute Gasteiger partial charge is 0.161 e. The number of aromatic nitrogens is 2. The number of hydrogen-bond donors (Lipinski definition) is 1. The average molecular weight is 347 g/mol. The van der Waals surface area contributed by atoms with E-state index in [9.17, 15) is 5.26 Å². The lowest BCUT2D eigenvalue weighted by molar-refractivity contribution is 0.288. The zero-order chi connectivity index (χ0) is 18.4. The first kappa shape index (κ1) is 17.6. The van der Waals surface area contributed by atoms with E-state index in [1.54, 1.807) is 13.2 Å². The molecule has 0 radical (unpaired) electrons. The molecule has 3 aromatic rings. The van der Waals surface area contributed by atoms with E-state index in [2.05, 4.69) is 23.0 Å². The van der Waals surface area contributed by atoms with Gasteiger partial charge in [0.2, 0.25) is 0 Å². The molecule has 0 unspecified atom stereocenters. The van der Waals surface area contributed by atoms with Crippen molar-refractivity contribution in [1.82, 2.24) is 9.97 Å². The van der Waals surface area contributed by atoms with Crippen molar-refractivity contribution in [1.29, 1.82) is 5.26 Å². The van der Waals surface area contributed by atoms with Gasteiger partial charge in [-0.2, -0.15) is 5.26 Å². The summed E-state index contributed by atoms with van der Waals surface area (Å²) in [5.74, 6) is 1.91. The molecule has 0 aliphatic carbocycles. The molecule has 0 spiro atoms. The fourth-order valence-electron chi connectivity index (χ4n) is 2.62. The summed E-state index contributed by atoms with van der Waals surface area (Å²) < 4.78 is 11.2. The monoisotopic (exact) mass is 347 g/mol. The molecule has 5 nitrogen and oxygen atoms in total. The van der Waals surface area contributed by atoms with Gasteiger partial charge < -0.3 is 14.5 Å². The van der Waals surface area contributed by atoms with Gasteiger partial charge in [-0.05, 0) is 42.3 Å². The highest BCUT2D eigenvalue weighted by molar-refractivity contribution is 5.90. The number of nitrogens with zero attached hydrogens (tertiary/aromatic N) is 2. The van der Waals surface area contributed by atoms with Crippen molar-refractivity contribution < 1.29 is 9.47 Å². The fraction of sp³-hybridized carbons (Fsp3) is 0.238. The number of imidazole rings is 1. The molecule has 0 aliphatic rings. The number of ether oxygens (including phenoxy) is 2. The summed E-state index contributed by atoms with van der Waals surface area (Å²) in [6, 6.07) is 15.6. The van der Waals surface area contributed by atoms with Crippen LogP contribution in [-0.2, 0) is 0 Å². The van der Waals surface area contributed by atoms with Gasteiger partial charge in [-0.15, -0.1) is 0 Å². The van der Waals surface area contributed by atoms with Crippen LogP contribution in [-0.4, -0.2) is 23.7 Å². The number of aromatic amines is 1. The van der Waals surface area contributed by atoms with Crippen molar-refractivity contribution in [2.24, 2.45) is 0 Å². The summed E-state index contributed by atoms with van der Waals surface area (Å²) in [7, 11) is 1.61. The maximum absolute atomic E-state index is 9.56. The highest BCUT2D eigenvalue weighted by Crippen LogP contribution is 2.30. The van der Waals surface area contributed by atoms with Crippen molar-refractivity contribution in [3.63, 3.8) is 0 Å². The summed E-state index contributed by atoms with van der Waals surface area (Å²) in [6.07, 6.45) is 3.86. The minimum absolute atomic E-state index is 0.461. The summed E-state index contributed by atoms with van der Waals surface area (Å²) in [5, 5.41) is 9.56. The van der Waals surface area contributed by atoms with Crippen LogP contribution < -0.4 is 9.47 Å². The Kier molecular flexibility index (Phi) is 5.55. The van der Waals surface area contributed by atoms with Gasteiger partial charge in [-0.1, -0.05) is 31.5 Å². The van der Waals surface area contributed by atoms with Crippen LogP contribution in [0.25, 0.3) is 22.7 Å². The third-order valence-corrected chi connectivity index (χ3v) is 4.02. The van der Waals surface area contributed by atoms with Gasteiger partial charge in [0.05, 0.1) is 30.3 Å². The molecule has 26 heavy (non-hydrogen) atoms. The van der Waals surface area contributed by atoms with Crippen LogP contribution in [0.4, 0.5) is 0 Å². The Bertz CT molecular complexity index is 934. The number of methoxy groups -OCH3 is 1. The molecule has 0 amide bonds. The second-order valence-electron chi connectivity index (χ2n) is 5.88. The Balaban J connectivity index is 1.90. The largest absolute Gasteiger partial charge is 0.493 e. The van der Waals surface area contributed by atoms with Crippen molar-refractivity contribution in [2.45, 2.75) is 19.8 Å². The van der Waals surface area contributed by atoms with Crippen LogP contribution >= 0.6 is 0 Å². The van der Waals surface area contributed by atoms with Crippen LogP contribution in [0.15, 0.2) is 42.5 Å². The third-order valence-electron chi connectivity index (χ3n) is 4.02. The highest BCUT2D eigenvalue weighted by atomic mass is 16.5. The van der Waals surface area contributed by atoms with Crippen LogP contribution in [0.1, 0.15) is 31.2 Å². The van der Waals surface area contributed by atoms with Crippen LogP contribution in [0, 0.1) is 11.3 Å². The number of unbranched alkanes of at least 4 members (excludes halogenated alkanes) is 1. The number of allylic oxidation sites excluding steroid dienone is 1. The van der Waals surface area contributed by atoms with Crippen molar-refractivity contribution in [3.8, 4) is 17.6 Å². The van der Waals surface area contributed by atoms with E-state index in [0.29, 0.717) is 29.5 Å². The molecule has 0 atom stereocenters. The Morgan fingerprint density at radius 1 is 1.23 bits per heavy atom. The predicted molar refractivity (Wildman–Crippen MR) is 103 cm³/mol. The minimum Gasteiger partial charge on any atom is -0.493 e. The Morgan fingerprint density at radius 3 is 2.81 bits per heavy atom. The topological polar surface area (TPSA) is 70.9 Å². The van der Waals surface area contributed by atoms with Gasteiger partial charge in [-0.25, -0.2) is 4.98 Å². The number of fused-ring (bicyclic) bond motifs is 1. The molecule has 1 aromatic heterocycles. The lowest BCUT2D eigenvalue weighted by Crippen LogP contribution is -1.99. The van der Waals surface area contributed by atoms with E-state index in [1.807, 2.05) is 42.5 Å². The van der Waals surface area contributed by atoms with Crippen LogP contribution in [0.3, 0.4) is 0 Å². The van der Waals surface area contributed by atoms with Gasteiger partial charge >= 0.3 is 0 Å². The fourth-order valence-corrected chi connectivity index (χ4v) is 2.62. The van der Waals surface area contributed by atoms with E-state index in [1.165, 1.54) is 0 Å². The summed E-state index contributed by atoms with van der Waals surface area (Å²) in [6.45, 7) is 2.78. The lowest BCUT2D eigenvalue weighted by atomic mass is 10.1. The summed E-state index contributed by atoms with van der Waals surface area (Å²) in [4.78, 5) is 7.67. The van der Waals surface area contributed by atoms with E-state index in [4.69, 9.17) is 9.47 Å². The standard InChI is InChI=1S/C21H21N3O2/c1-3-4-11-26-19-10-9-15(13-20(19)25-2)12-16(14-22)21-23-17-7-5-6-8-18(17)24-21/h5-10,12-13H,3-4,11H2,1-2H3,(H,23,24). The molecule has 3 rings (SSSR count). The first-order chi connectivity index (χ1) is 12.7. The zero-order valence-corrected chi connectivity index (χ0v) is 15.0. The molecule has 0 bridgehead atoms. The van der Waals surface area contributed by atoms with Gasteiger partial charge in [0.1, 0.15) is 11.9 Å². The van der Waals surface area contributed by atoms with E-state index >= 15 is 0 Å². The number of nitrogens with one attached hydrogen (secondary N) is 1. The number of hydrogen-bond acceptors (Lipinski definition) is 4. The number of para-hydroxylation sites is 2. The normalized spacial score (nSPS) is 11.3. The summed E-state index contributed by atoms with van der Waals surface area (Å²) >= 11 is 0. The van der Waals surface area contributed by atoms with Gasteiger partial charge in [-0.3, -0.25) is 0 Å². The Morgan fingerprint density at radius 2 is 2.08 bits per heavy atom. The van der Waals surface area contributed by atoms with Crippen LogP contribution in [0.5, 0.6) is 11.5 Å². The maximum Gasteiger partial charge on any atom is 0.161 e. The number of H-pyrrole nitrogens is 1. The van der Waals surface area contributed by atoms with Crippen molar-refractivity contribution in [2.75, 3.05) is 13.7 Å². The molecule has 0 fully saturated rings. The van der Waals surface area contributed by atoms with Crippen molar-refractivity contribution >= 4 is 22.7 Å². The van der Waals surface area contributed by atoms with Gasteiger partial charge in [0, 0.05) is 0 Å². The number of nitriles is 1. The Labute approximate surface area is 152 Å². The second-order valence-corrected chi connectivity index (χ2v) is 5.88. The first-order valence-electron chi connectivity index (χ1n) is 8.63. The number of benzene rings is 2. The molecular weight excluding hydrogens is 326 g/mol. The molecule has 0 saturated heterocycles. The molecular formula is C21H21N3O2. The van der Waals surface area contributed by atoms with Gasteiger partial charge in [0.15, 0.2) is 11.5 Å². The quantitative estimate of drug-likeness (QED) is 0.491. The third kappa shape index (κ3) is 3.86. The molecule has 5 heteroatoms. The van der Waals surface area contributed by atoms with E-state index in [0.717, 1.165) is 29.4 Å². The molecule has 1 N–H and O–H groups in total. The molecule has 132 valence electrons. The lowest BCUT2D eigenvalue weighted by Gasteiger charge is -2.11. The molecule has 2 aromatic carbocycles.